The van der Waals surface area contributed by atoms with Crippen LogP contribution in [0.1, 0.15) is 41.8 Å². The molecule has 0 saturated heterocycles. The first-order chi connectivity index (χ1) is 11.6. The lowest BCUT2D eigenvalue weighted by Crippen LogP contribution is -2.25. The number of hydrogen-bond acceptors (Lipinski definition) is 6. The van der Waals surface area contributed by atoms with Crippen LogP contribution in [0.3, 0.4) is 0 Å². The van der Waals surface area contributed by atoms with Crippen LogP contribution in [0.4, 0.5) is 13.2 Å². The lowest BCUT2D eigenvalue weighted by Gasteiger charge is -2.17. The number of aliphatic hydroxyl groups excluding tert-OH is 2. The number of aliphatic hydroxyl groups is 2. The minimum absolute atomic E-state index is 0.120. The third-order valence-corrected chi connectivity index (χ3v) is 3.26. The van der Waals surface area contributed by atoms with E-state index < -0.39 is 48.8 Å². The summed E-state index contributed by atoms with van der Waals surface area (Å²) in [6.45, 7) is 1.70. The second-order valence-electron chi connectivity index (χ2n) is 5.16. The molecule has 9 heteroatoms. The highest BCUT2D eigenvalue weighted by molar-refractivity contribution is 6.09. The van der Waals surface area contributed by atoms with Crippen LogP contribution in [0.25, 0.3) is 0 Å². The van der Waals surface area contributed by atoms with Gasteiger partial charge in [0.25, 0.3) is 0 Å². The van der Waals surface area contributed by atoms with E-state index in [0.29, 0.717) is 0 Å². The number of alkyl halides is 3. The predicted molar refractivity (Wildman–Crippen MR) is 78.7 cm³/mol. The fraction of sp³-hybridized carbons (Fsp3) is 0.438. The Bertz CT molecular complexity index is 624. The van der Waals surface area contributed by atoms with Crippen molar-refractivity contribution in [2.75, 3.05) is 6.61 Å². The Labute approximate surface area is 141 Å². The molecule has 1 aromatic carbocycles. The molecule has 1 aromatic rings. The molecule has 1 rings (SSSR count). The lowest BCUT2D eigenvalue weighted by molar-refractivity contribution is -0.170. The maximum Gasteiger partial charge on any atom is 0.450 e. The number of carbonyl (C=O) groups excluding carboxylic acids is 3. The van der Waals surface area contributed by atoms with Crippen LogP contribution >= 0.6 is 0 Å². The van der Waals surface area contributed by atoms with Gasteiger partial charge in [-0.1, -0.05) is 24.3 Å². The Morgan fingerprint density at radius 1 is 1.12 bits per heavy atom. The standard InChI is InChI=1S/C16H17F3O6/c1-2-25-14(23)8-12(21)15(24)10-5-3-9(4-6-10)11(20)7-13(22)16(17,18)19/h3-6,12,15,21,24H,2,7-8H2,1H3. The van der Waals surface area contributed by atoms with Gasteiger partial charge in [-0.3, -0.25) is 14.4 Å². The Hall–Kier alpha value is -2.26. The first kappa shape index (κ1) is 20.8. The highest BCUT2D eigenvalue weighted by Gasteiger charge is 2.39. The number of hydrogen-bond donors (Lipinski definition) is 2. The minimum atomic E-state index is -5.08. The average molecular weight is 362 g/mol. The Kier molecular flexibility index (Phi) is 7.25. The van der Waals surface area contributed by atoms with Gasteiger partial charge in [-0.15, -0.1) is 0 Å². The highest BCUT2D eigenvalue weighted by atomic mass is 19.4. The van der Waals surface area contributed by atoms with Crippen LogP contribution in [0.5, 0.6) is 0 Å². The molecule has 0 amide bonds. The maximum absolute atomic E-state index is 12.1. The second kappa shape index (κ2) is 8.72. The number of halogens is 3. The molecule has 0 aliphatic rings. The summed E-state index contributed by atoms with van der Waals surface area (Å²) < 4.78 is 41.1. The zero-order valence-corrected chi connectivity index (χ0v) is 13.2. The predicted octanol–water partition coefficient (Wildman–Crippen LogP) is 1.74. The van der Waals surface area contributed by atoms with Gasteiger partial charge in [0.1, 0.15) is 6.10 Å². The largest absolute Gasteiger partial charge is 0.466 e. The number of Topliss-reactive ketones (excluding diaryl/α,β-unsaturated/α-hetero) is 2. The zero-order valence-electron chi connectivity index (χ0n) is 13.2. The van der Waals surface area contributed by atoms with E-state index in [0.717, 1.165) is 12.1 Å². The Morgan fingerprint density at radius 2 is 1.68 bits per heavy atom. The molecule has 138 valence electrons. The summed E-state index contributed by atoms with van der Waals surface area (Å²) in [6, 6.07) is 4.68. The van der Waals surface area contributed by atoms with E-state index in [9.17, 15) is 37.8 Å². The van der Waals surface area contributed by atoms with Crippen molar-refractivity contribution in [1.82, 2.24) is 0 Å². The van der Waals surface area contributed by atoms with Crippen LogP contribution in [0.2, 0.25) is 0 Å². The quantitative estimate of drug-likeness (QED) is 0.415. The molecule has 6 nitrogen and oxygen atoms in total. The molecule has 0 aliphatic carbocycles. The third-order valence-electron chi connectivity index (χ3n) is 3.26. The van der Waals surface area contributed by atoms with Crippen molar-refractivity contribution in [3.8, 4) is 0 Å². The van der Waals surface area contributed by atoms with Crippen molar-refractivity contribution in [2.24, 2.45) is 0 Å². The van der Waals surface area contributed by atoms with Crippen molar-refractivity contribution < 1.29 is 42.5 Å². The molecule has 0 spiro atoms. The molecular formula is C16H17F3O6. The molecule has 0 fully saturated rings. The summed E-state index contributed by atoms with van der Waals surface area (Å²) in [5.41, 5.74) is 0.00364. The smallest absolute Gasteiger partial charge is 0.450 e. The van der Waals surface area contributed by atoms with Crippen molar-refractivity contribution >= 4 is 17.5 Å². The van der Waals surface area contributed by atoms with Crippen LogP contribution in [-0.4, -0.2) is 46.6 Å². The van der Waals surface area contributed by atoms with Crippen molar-refractivity contribution in [3.05, 3.63) is 35.4 Å². The lowest BCUT2D eigenvalue weighted by atomic mass is 9.98. The van der Waals surface area contributed by atoms with Gasteiger partial charge in [-0.05, 0) is 12.5 Å². The van der Waals surface area contributed by atoms with Crippen molar-refractivity contribution in [1.29, 1.82) is 0 Å². The number of rotatable bonds is 8. The van der Waals surface area contributed by atoms with E-state index in [2.05, 4.69) is 4.74 Å². The fourth-order valence-corrected chi connectivity index (χ4v) is 1.94. The maximum atomic E-state index is 12.1. The fourth-order valence-electron chi connectivity index (χ4n) is 1.94. The molecule has 0 heterocycles. The number of carbonyl (C=O) groups is 3. The molecule has 0 aromatic heterocycles. The molecule has 0 radical (unpaired) electrons. The highest BCUT2D eigenvalue weighted by Crippen LogP contribution is 2.22. The number of ether oxygens (including phenoxy) is 1. The number of benzene rings is 1. The summed E-state index contributed by atoms with van der Waals surface area (Å²) >= 11 is 0. The topological polar surface area (TPSA) is 101 Å². The average Bonchev–Trinajstić information content (AvgIpc) is 2.53. The van der Waals surface area contributed by atoms with Gasteiger partial charge < -0.3 is 14.9 Å². The van der Waals surface area contributed by atoms with Gasteiger partial charge in [0.05, 0.1) is 25.6 Å². The molecule has 2 atom stereocenters. The second-order valence-corrected chi connectivity index (χ2v) is 5.16. The molecule has 0 aliphatic heterocycles. The summed E-state index contributed by atoms with van der Waals surface area (Å²) in [6.07, 6.45) is -9.74. The van der Waals surface area contributed by atoms with Crippen LogP contribution < -0.4 is 0 Å². The first-order valence-corrected chi connectivity index (χ1v) is 7.31. The Morgan fingerprint density at radius 3 is 2.16 bits per heavy atom. The summed E-state index contributed by atoms with van der Waals surface area (Å²) in [4.78, 5) is 33.7. The molecule has 25 heavy (non-hydrogen) atoms. The van der Waals surface area contributed by atoms with Crippen molar-refractivity contribution in [3.63, 3.8) is 0 Å². The molecule has 2 unspecified atom stereocenters. The SMILES string of the molecule is CCOC(=O)CC(O)C(O)c1ccc(C(=O)CC(=O)C(F)(F)F)cc1. The van der Waals surface area contributed by atoms with Gasteiger partial charge in [-0.2, -0.15) is 13.2 Å². The summed E-state index contributed by atoms with van der Waals surface area (Å²) in [5, 5.41) is 19.7. The summed E-state index contributed by atoms with van der Waals surface area (Å²) in [5.74, 6) is -3.87. The first-order valence-electron chi connectivity index (χ1n) is 7.31. The number of esters is 1. The van der Waals surface area contributed by atoms with Gasteiger partial charge in [-0.25, -0.2) is 0 Å². The monoisotopic (exact) mass is 362 g/mol. The zero-order chi connectivity index (χ0) is 19.2. The molecule has 0 saturated carbocycles. The Balaban J connectivity index is 2.73. The van der Waals surface area contributed by atoms with Crippen molar-refractivity contribution in [2.45, 2.75) is 38.1 Å². The van der Waals surface area contributed by atoms with E-state index in [4.69, 9.17) is 0 Å². The van der Waals surface area contributed by atoms with Gasteiger partial charge in [0, 0.05) is 5.56 Å². The third kappa shape index (κ3) is 6.28. The van der Waals surface area contributed by atoms with E-state index >= 15 is 0 Å². The van der Waals surface area contributed by atoms with Gasteiger partial charge in [0.15, 0.2) is 5.78 Å². The van der Waals surface area contributed by atoms with E-state index in [1.807, 2.05) is 0 Å². The van der Waals surface area contributed by atoms with Gasteiger partial charge >= 0.3 is 12.1 Å². The molecule has 0 bridgehead atoms. The number of ketones is 2. The van der Waals surface area contributed by atoms with E-state index in [-0.39, 0.29) is 17.7 Å². The van der Waals surface area contributed by atoms with Crippen LogP contribution in [0, 0.1) is 0 Å². The normalized spacial score (nSPS) is 13.8. The molecule has 2 N–H and O–H groups in total. The summed E-state index contributed by atoms with van der Waals surface area (Å²) in [7, 11) is 0. The minimum Gasteiger partial charge on any atom is -0.466 e. The van der Waals surface area contributed by atoms with E-state index in [1.54, 1.807) is 6.92 Å². The van der Waals surface area contributed by atoms with Gasteiger partial charge in [0.2, 0.25) is 5.78 Å². The van der Waals surface area contributed by atoms with Crippen LogP contribution in [-0.2, 0) is 14.3 Å². The molecular weight excluding hydrogens is 345 g/mol. The van der Waals surface area contributed by atoms with Crippen LogP contribution in [0.15, 0.2) is 24.3 Å². The van der Waals surface area contributed by atoms with E-state index in [1.165, 1.54) is 12.1 Å².